The summed E-state index contributed by atoms with van der Waals surface area (Å²) in [6.45, 7) is 0.346. The molecule has 0 aromatic heterocycles. The molecular weight excluding hydrogens is 236 g/mol. The van der Waals surface area contributed by atoms with Crippen molar-refractivity contribution in [1.82, 2.24) is 10.2 Å². The fourth-order valence-electron chi connectivity index (χ4n) is 1.22. The normalized spacial score (nSPS) is 9.82. The van der Waals surface area contributed by atoms with E-state index in [1.54, 1.807) is 38.4 Å². The summed E-state index contributed by atoms with van der Waals surface area (Å²) < 4.78 is 0. The lowest BCUT2D eigenvalue weighted by Crippen LogP contribution is -2.30. The topological polar surface area (TPSA) is 49.4 Å². The zero-order valence-corrected chi connectivity index (χ0v) is 10.8. The molecule has 1 N–H and O–H groups in total. The number of carbonyl (C=O) groups is 2. The molecule has 0 saturated heterocycles. The lowest BCUT2D eigenvalue weighted by atomic mass is 10.2. The van der Waals surface area contributed by atoms with Crippen molar-refractivity contribution in [1.29, 1.82) is 0 Å². The number of nitrogens with one attached hydrogen (secondary N) is 1. The van der Waals surface area contributed by atoms with Crippen LogP contribution in [0.15, 0.2) is 29.2 Å². The summed E-state index contributed by atoms with van der Waals surface area (Å²) in [5.74, 6) is -0.180. The molecule has 0 aliphatic heterocycles. The number of thiol groups is 1. The molecule has 17 heavy (non-hydrogen) atoms. The molecule has 4 nitrogen and oxygen atoms in total. The molecule has 1 aromatic rings. The van der Waals surface area contributed by atoms with Gasteiger partial charge in [0, 0.05) is 37.5 Å². The van der Waals surface area contributed by atoms with Crippen LogP contribution in [-0.2, 0) is 4.79 Å². The highest BCUT2D eigenvalue weighted by Crippen LogP contribution is 2.07. The Morgan fingerprint density at radius 3 is 2.35 bits per heavy atom. The fourth-order valence-corrected chi connectivity index (χ4v) is 1.37. The fraction of sp³-hybridized carbons (Fsp3) is 0.333. The van der Waals surface area contributed by atoms with Crippen LogP contribution in [0.5, 0.6) is 0 Å². The van der Waals surface area contributed by atoms with Crippen molar-refractivity contribution in [2.24, 2.45) is 0 Å². The second-order valence-electron chi connectivity index (χ2n) is 3.84. The highest BCUT2D eigenvalue weighted by Gasteiger charge is 2.07. The molecule has 0 bridgehead atoms. The number of amides is 2. The summed E-state index contributed by atoms with van der Waals surface area (Å²) in [6.07, 6.45) is 0.309. The quantitative estimate of drug-likeness (QED) is 0.791. The minimum Gasteiger partial charge on any atom is -0.352 e. The Hall–Kier alpha value is -1.49. The molecule has 0 heterocycles. The monoisotopic (exact) mass is 252 g/mol. The van der Waals surface area contributed by atoms with Crippen molar-refractivity contribution in [3.63, 3.8) is 0 Å². The van der Waals surface area contributed by atoms with E-state index < -0.39 is 0 Å². The van der Waals surface area contributed by atoms with Crippen molar-refractivity contribution in [3.05, 3.63) is 29.8 Å². The van der Waals surface area contributed by atoms with E-state index in [4.69, 9.17) is 0 Å². The smallest absolute Gasteiger partial charge is 0.251 e. The van der Waals surface area contributed by atoms with Crippen molar-refractivity contribution in [3.8, 4) is 0 Å². The summed E-state index contributed by atoms with van der Waals surface area (Å²) in [6, 6.07) is 6.91. The molecule has 92 valence electrons. The van der Waals surface area contributed by atoms with Gasteiger partial charge in [0.2, 0.25) is 5.91 Å². The number of benzene rings is 1. The Labute approximate surface area is 106 Å². The molecule has 0 unspecified atom stereocenters. The van der Waals surface area contributed by atoms with Crippen LogP contribution >= 0.6 is 12.6 Å². The second kappa shape index (κ2) is 6.30. The van der Waals surface area contributed by atoms with Gasteiger partial charge in [0.15, 0.2) is 0 Å². The van der Waals surface area contributed by atoms with Gasteiger partial charge in [-0.15, -0.1) is 12.6 Å². The van der Waals surface area contributed by atoms with Crippen LogP contribution in [0.1, 0.15) is 16.8 Å². The Morgan fingerprint density at radius 2 is 1.82 bits per heavy atom. The first-order chi connectivity index (χ1) is 8.00. The standard InChI is InChI=1S/C12H16N2O2S/c1-14(2)11(15)7-8-13-12(16)9-3-5-10(17)6-4-9/h3-6,17H,7-8H2,1-2H3,(H,13,16). The van der Waals surface area contributed by atoms with Gasteiger partial charge < -0.3 is 10.2 Å². The number of carbonyl (C=O) groups excluding carboxylic acids is 2. The van der Waals surface area contributed by atoms with Crippen LogP contribution in [0.2, 0.25) is 0 Å². The van der Waals surface area contributed by atoms with Gasteiger partial charge in [-0.25, -0.2) is 0 Å². The molecule has 0 fully saturated rings. The first kappa shape index (κ1) is 13.6. The molecule has 1 rings (SSSR count). The average molecular weight is 252 g/mol. The lowest BCUT2D eigenvalue weighted by Gasteiger charge is -2.10. The average Bonchev–Trinajstić information content (AvgIpc) is 2.29. The van der Waals surface area contributed by atoms with Crippen LogP contribution in [0.3, 0.4) is 0 Å². The molecular formula is C12H16N2O2S. The van der Waals surface area contributed by atoms with E-state index in [0.29, 0.717) is 18.5 Å². The minimum absolute atomic E-state index is 0.00370. The van der Waals surface area contributed by atoms with E-state index in [1.807, 2.05) is 0 Å². The van der Waals surface area contributed by atoms with Gasteiger partial charge in [-0.05, 0) is 24.3 Å². The van der Waals surface area contributed by atoms with Gasteiger partial charge in [0.25, 0.3) is 5.91 Å². The Morgan fingerprint density at radius 1 is 1.24 bits per heavy atom. The molecule has 2 amide bonds. The van der Waals surface area contributed by atoms with E-state index in [-0.39, 0.29) is 11.8 Å². The Bertz CT molecular complexity index is 401. The summed E-state index contributed by atoms with van der Waals surface area (Å²) in [5, 5.41) is 2.69. The summed E-state index contributed by atoms with van der Waals surface area (Å²) in [7, 11) is 3.38. The SMILES string of the molecule is CN(C)C(=O)CCNC(=O)c1ccc(S)cc1. The minimum atomic E-state index is -0.176. The summed E-state index contributed by atoms with van der Waals surface area (Å²) >= 11 is 4.14. The first-order valence-electron chi connectivity index (χ1n) is 5.28. The predicted molar refractivity (Wildman–Crippen MR) is 69.3 cm³/mol. The second-order valence-corrected chi connectivity index (χ2v) is 4.36. The largest absolute Gasteiger partial charge is 0.352 e. The van der Waals surface area contributed by atoms with Crippen LogP contribution in [0, 0.1) is 0 Å². The Balaban J connectivity index is 2.40. The van der Waals surface area contributed by atoms with Crippen molar-refractivity contribution < 1.29 is 9.59 Å². The third kappa shape index (κ3) is 4.48. The van der Waals surface area contributed by atoms with Gasteiger partial charge in [0.05, 0.1) is 0 Å². The van der Waals surface area contributed by atoms with E-state index in [1.165, 1.54) is 4.90 Å². The van der Waals surface area contributed by atoms with Gasteiger partial charge >= 0.3 is 0 Å². The van der Waals surface area contributed by atoms with Gasteiger partial charge in [0.1, 0.15) is 0 Å². The molecule has 0 aliphatic carbocycles. The van der Waals surface area contributed by atoms with Crippen molar-refractivity contribution in [2.75, 3.05) is 20.6 Å². The molecule has 5 heteroatoms. The van der Waals surface area contributed by atoms with Crippen LogP contribution < -0.4 is 5.32 Å². The van der Waals surface area contributed by atoms with E-state index >= 15 is 0 Å². The van der Waals surface area contributed by atoms with Crippen molar-refractivity contribution >= 4 is 24.4 Å². The molecule has 0 aliphatic rings. The highest BCUT2D eigenvalue weighted by molar-refractivity contribution is 7.80. The molecule has 0 atom stereocenters. The van der Waals surface area contributed by atoms with Crippen LogP contribution in [0.4, 0.5) is 0 Å². The van der Waals surface area contributed by atoms with Gasteiger partial charge in [-0.2, -0.15) is 0 Å². The zero-order chi connectivity index (χ0) is 12.8. The number of hydrogen-bond acceptors (Lipinski definition) is 3. The number of rotatable bonds is 4. The predicted octanol–water partition coefficient (Wildman–Crippen LogP) is 1.18. The van der Waals surface area contributed by atoms with Crippen molar-refractivity contribution in [2.45, 2.75) is 11.3 Å². The van der Waals surface area contributed by atoms with Crippen LogP contribution in [0.25, 0.3) is 0 Å². The summed E-state index contributed by atoms with van der Waals surface area (Å²) in [5.41, 5.74) is 0.570. The maximum Gasteiger partial charge on any atom is 0.251 e. The summed E-state index contributed by atoms with van der Waals surface area (Å²) in [4.78, 5) is 25.2. The first-order valence-corrected chi connectivity index (χ1v) is 5.73. The maximum absolute atomic E-state index is 11.6. The van der Waals surface area contributed by atoms with Gasteiger partial charge in [-0.1, -0.05) is 0 Å². The van der Waals surface area contributed by atoms with E-state index in [2.05, 4.69) is 17.9 Å². The molecule has 0 saturated carbocycles. The number of hydrogen-bond donors (Lipinski definition) is 2. The van der Waals surface area contributed by atoms with Crippen LogP contribution in [-0.4, -0.2) is 37.4 Å². The highest BCUT2D eigenvalue weighted by atomic mass is 32.1. The maximum atomic E-state index is 11.6. The Kier molecular flexibility index (Phi) is 5.03. The van der Waals surface area contributed by atoms with E-state index in [9.17, 15) is 9.59 Å². The third-order valence-corrected chi connectivity index (χ3v) is 2.55. The molecule has 1 aromatic carbocycles. The third-order valence-electron chi connectivity index (χ3n) is 2.25. The molecule has 0 radical (unpaired) electrons. The number of nitrogens with zero attached hydrogens (tertiary/aromatic N) is 1. The van der Waals surface area contributed by atoms with E-state index in [0.717, 1.165) is 4.90 Å². The lowest BCUT2D eigenvalue weighted by molar-refractivity contribution is -0.128. The molecule has 0 spiro atoms. The zero-order valence-electron chi connectivity index (χ0n) is 9.93. The van der Waals surface area contributed by atoms with Gasteiger partial charge in [-0.3, -0.25) is 9.59 Å².